The van der Waals surface area contributed by atoms with E-state index in [9.17, 15) is 30.3 Å². The Bertz CT molecular complexity index is 1370. The Balaban J connectivity index is 1.45. The van der Waals surface area contributed by atoms with E-state index in [4.69, 9.17) is 42.6 Å². The summed E-state index contributed by atoms with van der Waals surface area (Å²) in [6.07, 6.45) is -11.5. The van der Waals surface area contributed by atoms with Crippen LogP contribution in [0.15, 0.2) is 42.5 Å². The molecule has 15 nitrogen and oxygen atoms in total. The maximum atomic E-state index is 12.6. The molecule has 4 rings (SSSR count). The first-order chi connectivity index (χ1) is 23.0. The molecule has 0 aliphatic carbocycles. The smallest absolute Gasteiger partial charge is 0.330 e. The average molecular weight is 681 g/mol. The predicted molar refractivity (Wildman–Crippen MR) is 167 cm³/mol. The van der Waals surface area contributed by atoms with Crippen molar-refractivity contribution in [1.82, 2.24) is 0 Å². The van der Waals surface area contributed by atoms with Gasteiger partial charge in [0.2, 0.25) is 0 Å². The summed E-state index contributed by atoms with van der Waals surface area (Å²) in [6.45, 7) is 1.04. The number of aliphatic hydroxyl groups is 5. The minimum Gasteiger partial charge on any atom is -0.493 e. The van der Waals surface area contributed by atoms with Crippen LogP contribution in [0, 0.1) is 0 Å². The second kappa shape index (κ2) is 17.2. The number of hydrogen-bond acceptors (Lipinski definition) is 15. The highest BCUT2D eigenvalue weighted by atomic mass is 16.7. The van der Waals surface area contributed by atoms with Gasteiger partial charge in [-0.25, -0.2) is 4.79 Å². The Kier molecular flexibility index (Phi) is 13.4. The van der Waals surface area contributed by atoms with E-state index in [1.54, 1.807) is 30.3 Å². The molecular weight excluding hydrogens is 636 g/mol. The molecule has 2 aromatic rings. The molecule has 2 fully saturated rings. The fourth-order valence-corrected chi connectivity index (χ4v) is 5.28. The Morgan fingerprint density at radius 2 is 1.40 bits per heavy atom. The van der Waals surface area contributed by atoms with Crippen molar-refractivity contribution in [3.05, 3.63) is 53.6 Å². The van der Waals surface area contributed by atoms with Crippen LogP contribution in [-0.4, -0.2) is 135 Å². The Morgan fingerprint density at radius 3 is 2.06 bits per heavy atom. The van der Waals surface area contributed by atoms with Gasteiger partial charge in [-0.05, 0) is 54.8 Å². The van der Waals surface area contributed by atoms with E-state index in [0.717, 1.165) is 5.56 Å². The van der Waals surface area contributed by atoms with Crippen LogP contribution in [0.3, 0.4) is 0 Å². The normalized spacial score (nSPS) is 30.5. The minimum absolute atomic E-state index is 0.0467. The van der Waals surface area contributed by atoms with Gasteiger partial charge in [0, 0.05) is 6.08 Å². The van der Waals surface area contributed by atoms with Crippen molar-refractivity contribution < 1.29 is 73.0 Å². The van der Waals surface area contributed by atoms with Gasteiger partial charge in [-0.15, -0.1) is 0 Å². The summed E-state index contributed by atoms with van der Waals surface area (Å²) in [4.78, 5) is 12.6. The number of carbonyl (C=O) groups is 1. The molecule has 2 aliphatic rings. The highest BCUT2D eigenvalue weighted by molar-refractivity contribution is 5.87. The molecule has 0 aromatic heterocycles. The fourth-order valence-electron chi connectivity index (χ4n) is 5.28. The van der Waals surface area contributed by atoms with Crippen LogP contribution < -0.4 is 18.9 Å². The lowest BCUT2D eigenvalue weighted by atomic mass is 9.97. The second-order valence-electron chi connectivity index (χ2n) is 11.2. The van der Waals surface area contributed by atoms with Crippen LogP contribution in [0.5, 0.6) is 23.0 Å². The Hall–Kier alpha value is -3.51. The number of methoxy groups -OCH3 is 4. The number of hydrogen-bond donors (Lipinski definition) is 5. The molecule has 0 radical (unpaired) electrons. The predicted octanol–water partition coefficient (Wildman–Crippen LogP) is 0.196. The fraction of sp³-hybridized carbons (Fsp3) is 0.545. The molecule has 10 atom stereocenters. The first-order valence-corrected chi connectivity index (χ1v) is 15.3. The van der Waals surface area contributed by atoms with E-state index in [1.165, 1.54) is 47.5 Å². The monoisotopic (exact) mass is 680 g/mol. The largest absolute Gasteiger partial charge is 0.493 e. The van der Waals surface area contributed by atoms with Gasteiger partial charge in [-0.1, -0.05) is 12.1 Å². The molecule has 2 saturated heterocycles. The van der Waals surface area contributed by atoms with Crippen LogP contribution in [0.25, 0.3) is 6.08 Å². The lowest BCUT2D eigenvalue weighted by molar-refractivity contribution is -0.357. The summed E-state index contributed by atoms with van der Waals surface area (Å²) in [7, 11) is 6.04. The zero-order valence-electron chi connectivity index (χ0n) is 27.3. The third-order valence-corrected chi connectivity index (χ3v) is 8.07. The topological polar surface area (TPSA) is 201 Å². The zero-order chi connectivity index (χ0) is 35.0. The van der Waals surface area contributed by atoms with Crippen molar-refractivity contribution in [2.24, 2.45) is 0 Å². The van der Waals surface area contributed by atoms with Crippen molar-refractivity contribution in [2.45, 2.75) is 74.8 Å². The van der Waals surface area contributed by atoms with Crippen LogP contribution in [0.1, 0.15) is 18.1 Å². The number of esters is 1. The van der Waals surface area contributed by atoms with Gasteiger partial charge in [-0.3, -0.25) is 0 Å². The molecule has 5 N–H and O–H groups in total. The molecule has 266 valence electrons. The van der Waals surface area contributed by atoms with Crippen LogP contribution in [-0.2, 0) is 34.9 Å². The molecule has 10 unspecified atom stereocenters. The van der Waals surface area contributed by atoms with Crippen molar-refractivity contribution >= 4 is 12.0 Å². The minimum atomic E-state index is -1.71. The number of aliphatic hydroxyl groups excluding tert-OH is 5. The summed E-state index contributed by atoms with van der Waals surface area (Å²) in [5.41, 5.74) is 1.46. The molecule has 15 heteroatoms. The van der Waals surface area contributed by atoms with Crippen molar-refractivity contribution in [3.63, 3.8) is 0 Å². The molecule has 0 amide bonds. The first-order valence-electron chi connectivity index (χ1n) is 15.3. The van der Waals surface area contributed by atoms with E-state index >= 15 is 0 Å². The summed E-state index contributed by atoms with van der Waals surface area (Å²) < 4.78 is 49.4. The zero-order valence-corrected chi connectivity index (χ0v) is 27.3. The summed E-state index contributed by atoms with van der Waals surface area (Å²) >= 11 is 0. The molecule has 2 aliphatic heterocycles. The molecular formula is C33H44O15. The average Bonchev–Trinajstić information content (AvgIpc) is 3.10. The Labute approximate surface area is 278 Å². The number of benzene rings is 2. The van der Waals surface area contributed by atoms with E-state index < -0.39 is 74.0 Å². The molecule has 0 spiro atoms. The maximum absolute atomic E-state index is 12.6. The maximum Gasteiger partial charge on any atom is 0.330 e. The summed E-state index contributed by atoms with van der Waals surface area (Å²) in [6, 6.07) is 10.4. The standard InChI is InChI=1S/C33H44O15/c1-17-26(35)28(37)29(38)33(46-17)48-31-27(36)24(16-45-25(34)11-8-18-6-9-20(40-2)22(14-18)42-4)47-32(30(31)39)44-13-12-19-7-10-21(41-3)23(15-19)43-5/h6-11,14-15,17,24,26-33,35-39H,12-13,16H2,1-5H3/b11-8+. The lowest BCUT2D eigenvalue weighted by Gasteiger charge is -2.45. The molecule has 2 heterocycles. The number of carbonyl (C=O) groups excluding carboxylic acids is 1. The van der Waals surface area contributed by atoms with Gasteiger partial charge in [-0.2, -0.15) is 0 Å². The van der Waals surface area contributed by atoms with Crippen molar-refractivity contribution in [1.29, 1.82) is 0 Å². The van der Waals surface area contributed by atoms with Crippen molar-refractivity contribution in [2.75, 3.05) is 41.7 Å². The molecule has 48 heavy (non-hydrogen) atoms. The highest BCUT2D eigenvalue weighted by Gasteiger charge is 2.50. The van der Waals surface area contributed by atoms with Gasteiger partial charge >= 0.3 is 5.97 Å². The quantitative estimate of drug-likeness (QED) is 0.134. The van der Waals surface area contributed by atoms with E-state index in [0.29, 0.717) is 35.0 Å². The number of rotatable bonds is 14. The molecule has 0 bridgehead atoms. The van der Waals surface area contributed by atoms with Gasteiger partial charge in [0.15, 0.2) is 35.6 Å². The van der Waals surface area contributed by atoms with Gasteiger partial charge in [0.05, 0.1) is 41.2 Å². The van der Waals surface area contributed by atoms with Crippen LogP contribution >= 0.6 is 0 Å². The Morgan fingerprint density at radius 1 is 0.750 bits per heavy atom. The SMILES string of the molecule is COc1ccc(/C=C/C(=O)OCC2OC(OCCc3ccc(OC)c(OC)c3)C(O)C(OC3OC(C)C(O)C(O)C3O)C2O)cc1OC. The van der Waals surface area contributed by atoms with Gasteiger partial charge in [0.25, 0.3) is 0 Å². The van der Waals surface area contributed by atoms with Gasteiger partial charge in [0.1, 0.15) is 49.3 Å². The highest BCUT2D eigenvalue weighted by Crippen LogP contribution is 2.31. The summed E-state index contributed by atoms with van der Waals surface area (Å²) in [5, 5.41) is 53.2. The van der Waals surface area contributed by atoms with Crippen LogP contribution in [0.2, 0.25) is 0 Å². The second-order valence-corrected chi connectivity index (χ2v) is 11.2. The van der Waals surface area contributed by atoms with E-state index in [-0.39, 0.29) is 6.61 Å². The van der Waals surface area contributed by atoms with E-state index in [2.05, 4.69) is 0 Å². The third-order valence-electron chi connectivity index (χ3n) is 8.07. The van der Waals surface area contributed by atoms with E-state index in [1.807, 2.05) is 6.07 Å². The first kappa shape index (κ1) is 37.3. The molecule has 0 saturated carbocycles. The summed E-state index contributed by atoms with van der Waals surface area (Å²) in [5.74, 6) is 1.31. The lowest BCUT2D eigenvalue weighted by Crippen LogP contribution is -2.64. The number of ether oxygens (including phenoxy) is 9. The van der Waals surface area contributed by atoms with Gasteiger partial charge < -0.3 is 68.2 Å². The third kappa shape index (κ3) is 8.93. The van der Waals surface area contributed by atoms with Crippen LogP contribution in [0.4, 0.5) is 0 Å². The molecule has 2 aromatic carbocycles. The van der Waals surface area contributed by atoms with Crippen molar-refractivity contribution in [3.8, 4) is 23.0 Å².